The van der Waals surface area contributed by atoms with Crippen LogP contribution in [0, 0.1) is 0 Å². The largest absolute Gasteiger partial charge is 0.497 e. The van der Waals surface area contributed by atoms with Gasteiger partial charge >= 0.3 is 0 Å². The summed E-state index contributed by atoms with van der Waals surface area (Å²) in [5.74, 6) is 1.14. The van der Waals surface area contributed by atoms with Crippen molar-refractivity contribution in [3.05, 3.63) is 72.8 Å². The molecule has 0 atom stereocenters. The maximum atomic E-state index is 12.5. The van der Waals surface area contributed by atoms with E-state index in [2.05, 4.69) is 9.44 Å². The molecule has 0 aliphatic carbocycles. The minimum atomic E-state index is -3.84. The summed E-state index contributed by atoms with van der Waals surface area (Å²) in [6.07, 6.45) is 0. The maximum Gasteiger partial charge on any atom is 0.261 e. The van der Waals surface area contributed by atoms with Gasteiger partial charge in [0, 0.05) is 11.4 Å². The minimum absolute atomic E-state index is 0.00860. The van der Waals surface area contributed by atoms with E-state index in [0.29, 0.717) is 17.2 Å². The van der Waals surface area contributed by atoms with Gasteiger partial charge in [-0.05, 0) is 72.8 Å². The summed E-state index contributed by atoms with van der Waals surface area (Å²) < 4.78 is 65.0. The van der Waals surface area contributed by atoms with Gasteiger partial charge in [0.1, 0.15) is 11.5 Å². The first-order chi connectivity index (χ1) is 14.2. The first-order valence-electron chi connectivity index (χ1n) is 8.67. The standard InChI is InChI=1S/C20H20N2O6S2/c1-27-17-7-3-15(4-8-17)21-29(23,24)19-11-5-16(6-12-19)22-30(25,26)20-13-9-18(28-2)10-14-20/h3-14,21-22H,1-2H3. The van der Waals surface area contributed by atoms with Gasteiger partial charge in [0.25, 0.3) is 20.0 Å². The third kappa shape index (κ3) is 5.02. The van der Waals surface area contributed by atoms with Crippen LogP contribution in [-0.2, 0) is 20.0 Å². The summed E-state index contributed by atoms with van der Waals surface area (Å²) in [7, 11) is -4.66. The molecule has 0 amide bonds. The van der Waals surface area contributed by atoms with Crippen molar-refractivity contribution in [2.24, 2.45) is 0 Å². The third-order valence-electron chi connectivity index (χ3n) is 4.13. The molecular formula is C20H20N2O6S2. The smallest absolute Gasteiger partial charge is 0.261 e. The molecular weight excluding hydrogens is 428 g/mol. The van der Waals surface area contributed by atoms with Crippen LogP contribution in [0.4, 0.5) is 11.4 Å². The Morgan fingerprint density at radius 2 is 0.833 bits per heavy atom. The van der Waals surface area contributed by atoms with Gasteiger partial charge in [-0.2, -0.15) is 0 Å². The molecule has 2 N–H and O–H groups in total. The summed E-state index contributed by atoms with van der Waals surface area (Å²) in [4.78, 5) is 0.0480. The van der Waals surface area contributed by atoms with Crippen LogP contribution in [0.3, 0.4) is 0 Å². The van der Waals surface area contributed by atoms with E-state index in [1.807, 2.05) is 0 Å². The molecule has 0 unspecified atom stereocenters. The molecule has 10 heteroatoms. The zero-order valence-electron chi connectivity index (χ0n) is 16.2. The lowest BCUT2D eigenvalue weighted by Gasteiger charge is -2.11. The molecule has 0 aliphatic heterocycles. The molecule has 0 fully saturated rings. The lowest BCUT2D eigenvalue weighted by Crippen LogP contribution is -2.14. The Bertz CT molecular complexity index is 1210. The van der Waals surface area contributed by atoms with Crippen LogP contribution in [-0.4, -0.2) is 31.1 Å². The fourth-order valence-electron chi connectivity index (χ4n) is 2.54. The van der Waals surface area contributed by atoms with Crippen molar-refractivity contribution in [2.45, 2.75) is 9.79 Å². The predicted octanol–water partition coefficient (Wildman–Crippen LogP) is 3.31. The molecule has 0 bridgehead atoms. The predicted molar refractivity (Wildman–Crippen MR) is 114 cm³/mol. The van der Waals surface area contributed by atoms with E-state index in [0.717, 1.165) is 0 Å². The van der Waals surface area contributed by atoms with E-state index in [4.69, 9.17) is 9.47 Å². The fraction of sp³-hybridized carbons (Fsp3) is 0.100. The quantitative estimate of drug-likeness (QED) is 0.547. The second-order valence-corrected chi connectivity index (χ2v) is 9.50. The highest BCUT2D eigenvalue weighted by Crippen LogP contribution is 2.22. The van der Waals surface area contributed by atoms with Crippen LogP contribution in [0.1, 0.15) is 0 Å². The molecule has 158 valence electrons. The van der Waals surface area contributed by atoms with Gasteiger partial charge in [0.15, 0.2) is 0 Å². The van der Waals surface area contributed by atoms with E-state index in [-0.39, 0.29) is 15.5 Å². The lowest BCUT2D eigenvalue weighted by molar-refractivity contribution is 0.414. The summed E-state index contributed by atoms with van der Waals surface area (Å²) in [6.45, 7) is 0. The number of rotatable bonds is 8. The number of sulfonamides is 2. The van der Waals surface area contributed by atoms with Crippen LogP contribution in [0.5, 0.6) is 11.5 Å². The Labute approximate surface area is 175 Å². The highest BCUT2D eigenvalue weighted by Gasteiger charge is 2.17. The zero-order chi connectivity index (χ0) is 21.8. The van der Waals surface area contributed by atoms with Crippen molar-refractivity contribution in [2.75, 3.05) is 23.7 Å². The van der Waals surface area contributed by atoms with Crippen LogP contribution >= 0.6 is 0 Å². The fourth-order valence-corrected chi connectivity index (χ4v) is 4.66. The van der Waals surface area contributed by atoms with Crippen molar-refractivity contribution < 1.29 is 26.3 Å². The first-order valence-corrected chi connectivity index (χ1v) is 11.6. The van der Waals surface area contributed by atoms with E-state index < -0.39 is 20.0 Å². The molecule has 30 heavy (non-hydrogen) atoms. The lowest BCUT2D eigenvalue weighted by atomic mass is 10.3. The molecule has 3 rings (SSSR count). The van der Waals surface area contributed by atoms with Crippen molar-refractivity contribution in [3.63, 3.8) is 0 Å². The molecule has 0 aromatic heterocycles. The highest BCUT2D eigenvalue weighted by atomic mass is 32.2. The van der Waals surface area contributed by atoms with Crippen molar-refractivity contribution in [1.29, 1.82) is 0 Å². The van der Waals surface area contributed by atoms with E-state index in [1.165, 1.54) is 62.8 Å². The third-order valence-corrected chi connectivity index (χ3v) is 6.92. The molecule has 0 saturated carbocycles. The monoisotopic (exact) mass is 448 g/mol. The average Bonchev–Trinajstić information content (AvgIpc) is 2.74. The van der Waals surface area contributed by atoms with Crippen molar-refractivity contribution >= 4 is 31.4 Å². The molecule has 3 aromatic carbocycles. The Kier molecular flexibility index (Phi) is 6.18. The Morgan fingerprint density at radius 1 is 0.533 bits per heavy atom. The van der Waals surface area contributed by atoms with Crippen molar-refractivity contribution in [3.8, 4) is 11.5 Å². The number of hydrogen-bond acceptors (Lipinski definition) is 6. The maximum absolute atomic E-state index is 12.5. The summed E-state index contributed by atoms with van der Waals surface area (Å²) in [5.41, 5.74) is 0.606. The van der Waals surface area contributed by atoms with Gasteiger partial charge in [-0.25, -0.2) is 16.8 Å². The number of benzene rings is 3. The molecule has 0 heterocycles. The Balaban J connectivity index is 1.74. The minimum Gasteiger partial charge on any atom is -0.497 e. The molecule has 0 saturated heterocycles. The van der Waals surface area contributed by atoms with Gasteiger partial charge in [-0.15, -0.1) is 0 Å². The Hall–Kier alpha value is -3.24. The number of hydrogen-bond donors (Lipinski definition) is 2. The number of ether oxygens (including phenoxy) is 2. The van der Waals surface area contributed by atoms with Crippen LogP contribution in [0.15, 0.2) is 82.6 Å². The summed E-state index contributed by atoms with van der Waals surface area (Å²) >= 11 is 0. The molecule has 0 spiro atoms. The van der Waals surface area contributed by atoms with Gasteiger partial charge < -0.3 is 9.47 Å². The van der Waals surface area contributed by atoms with Gasteiger partial charge in [-0.3, -0.25) is 9.44 Å². The zero-order valence-corrected chi connectivity index (χ0v) is 17.8. The SMILES string of the molecule is COc1ccc(NS(=O)(=O)c2ccc(NS(=O)(=O)c3ccc(OC)cc3)cc2)cc1. The second kappa shape index (κ2) is 8.64. The van der Waals surface area contributed by atoms with Gasteiger partial charge in [0.2, 0.25) is 0 Å². The van der Waals surface area contributed by atoms with E-state index in [9.17, 15) is 16.8 Å². The van der Waals surface area contributed by atoms with Crippen molar-refractivity contribution in [1.82, 2.24) is 0 Å². The Morgan fingerprint density at radius 3 is 1.20 bits per heavy atom. The highest BCUT2D eigenvalue weighted by molar-refractivity contribution is 7.93. The second-order valence-electron chi connectivity index (χ2n) is 6.14. The molecule has 3 aromatic rings. The van der Waals surface area contributed by atoms with Crippen LogP contribution in [0.2, 0.25) is 0 Å². The normalized spacial score (nSPS) is 11.5. The molecule has 0 radical (unpaired) electrons. The average molecular weight is 449 g/mol. The van der Waals surface area contributed by atoms with E-state index in [1.54, 1.807) is 24.3 Å². The number of anilines is 2. The molecule has 8 nitrogen and oxygen atoms in total. The van der Waals surface area contributed by atoms with Crippen LogP contribution in [0.25, 0.3) is 0 Å². The summed E-state index contributed by atoms with van der Waals surface area (Å²) in [6, 6.07) is 17.7. The first kappa shape index (κ1) is 21.5. The van der Waals surface area contributed by atoms with Gasteiger partial charge in [-0.1, -0.05) is 0 Å². The summed E-state index contributed by atoms with van der Waals surface area (Å²) in [5, 5.41) is 0. The number of nitrogens with one attached hydrogen (secondary N) is 2. The van der Waals surface area contributed by atoms with Gasteiger partial charge in [0.05, 0.1) is 24.0 Å². The topological polar surface area (TPSA) is 111 Å². The van der Waals surface area contributed by atoms with Crippen LogP contribution < -0.4 is 18.9 Å². The van der Waals surface area contributed by atoms with E-state index >= 15 is 0 Å². The number of methoxy groups -OCH3 is 2. The molecule has 0 aliphatic rings.